The summed E-state index contributed by atoms with van der Waals surface area (Å²) in [5.74, 6) is 0.693. The summed E-state index contributed by atoms with van der Waals surface area (Å²) >= 11 is 0. The molecule has 8 aromatic carbocycles. The molecule has 53 heavy (non-hydrogen) atoms. The second-order valence-corrected chi connectivity index (χ2v) is 13.4. The quantitative estimate of drug-likeness (QED) is 0.176. The second-order valence-electron chi connectivity index (χ2n) is 13.4. The van der Waals surface area contributed by atoms with E-state index in [2.05, 4.69) is 158 Å². The first-order valence-electron chi connectivity index (χ1n) is 17.9. The third-order valence-electron chi connectivity index (χ3n) is 10.0. The molecular weight excluding hydrogens is 645 g/mol. The van der Waals surface area contributed by atoms with Crippen molar-refractivity contribution in [3.8, 4) is 67.3 Å². The molecule has 0 N–H and O–H groups in total. The standard InChI is InChI=1S/C50H32N2O/c1-3-13-34(14-4-1)46-32-47(52-50(51-46)35-15-5-2-6-16-35)43-29-41(38-19-11-18-37(27-38)39-23-22-33-12-7-8-17-36(33)26-39)28-42(30-43)40-24-25-49-45(31-40)44-20-9-10-21-48(44)53-49/h1-32H. The van der Waals surface area contributed by atoms with Crippen molar-refractivity contribution in [2.24, 2.45) is 0 Å². The Morgan fingerprint density at radius 1 is 0.283 bits per heavy atom. The van der Waals surface area contributed by atoms with Crippen molar-refractivity contribution in [2.45, 2.75) is 0 Å². The van der Waals surface area contributed by atoms with Gasteiger partial charge >= 0.3 is 0 Å². The summed E-state index contributed by atoms with van der Waals surface area (Å²) in [6, 6.07) is 68.3. The Kier molecular flexibility index (Phi) is 7.47. The number of fused-ring (bicyclic) bond motifs is 4. The van der Waals surface area contributed by atoms with E-state index in [0.29, 0.717) is 5.82 Å². The number of rotatable bonds is 6. The molecule has 0 atom stereocenters. The smallest absolute Gasteiger partial charge is 0.160 e. The van der Waals surface area contributed by atoms with Crippen molar-refractivity contribution < 1.29 is 4.42 Å². The summed E-state index contributed by atoms with van der Waals surface area (Å²) in [7, 11) is 0. The van der Waals surface area contributed by atoms with Crippen LogP contribution in [0, 0.1) is 0 Å². The Morgan fingerprint density at radius 2 is 0.811 bits per heavy atom. The number of para-hydroxylation sites is 1. The zero-order valence-electron chi connectivity index (χ0n) is 28.8. The van der Waals surface area contributed by atoms with Crippen LogP contribution in [0.1, 0.15) is 0 Å². The van der Waals surface area contributed by atoms with Gasteiger partial charge in [0.1, 0.15) is 11.2 Å². The maximum atomic E-state index is 6.20. The van der Waals surface area contributed by atoms with Crippen molar-refractivity contribution in [1.82, 2.24) is 9.97 Å². The fourth-order valence-electron chi connectivity index (χ4n) is 7.33. The molecule has 10 rings (SSSR count). The summed E-state index contributed by atoms with van der Waals surface area (Å²) in [5.41, 5.74) is 13.4. The summed E-state index contributed by atoms with van der Waals surface area (Å²) in [6.45, 7) is 0. The molecule has 0 radical (unpaired) electrons. The molecule has 0 fully saturated rings. The van der Waals surface area contributed by atoms with Crippen LogP contribution in [-0.2, 0) is 0 Å². The Balaban J connectivity index is 1.18. The minimum atomic E-state index is 0.693. The number of benzene rings is 8. The summed E-state index contributed by atoms with van der Waals surface area (Å²) in [4.78, 5) is 10.3. The Morgan fingerprint density at radius 3 is 1.60 bits per heavy atom. The van der Waals surface area contributed by atoms with Gasteiger partial charge in [-0.15, -0.1) is 0 Å². The van der Waals surface area contributed by atoms with Gasteiger partial charge < -0.3 is 4.42 Å². The lowest BCUT2D eigenvalue weighted by molar-refractivity contribution is 0.669. The van der Waals surface area contributed by atoms with Gasteiger partial charge in [0.25, 0.3) is 0 Å². The van der Waals surface area contributed by atoms with Gasteiger partial charge in [-0.1, -0.05) is 140 Å². The molecule has 0 spiro atoms. The van der Waals surface area contributed by atoms with Gasteiger partial charge in [-0.25, -0.2) is 9.97 Å². The Bertz CT molecular complexity index is 2890. The van der Waals surface area contributed by atoms with Crippen molar-refractivity contribution in [3.63, 3.8) is 0 Å². The van der Waals surface area contributed by atoms with E-state index in [1.54, 1.807) is 0 Å². The van der Waals surface area contributed by atoms with E-state index in [1.807, 2.05) is 36.4 Å². The summed E-state index contributed by atoms with van der Waals surface area (Å²) in [6.07, 6.45) is 0. The molecule has 3 nitrogen and oxygen atoms in total. The third-order valence-corrected chi connectivity index (χ3v) is 10.0. The number of aromatic nitrogens is 2. The van der Waals surface area contributed by atoms with E-state index in [0.717, 1.165) is 72.3 Å². The van der Waals surface area contributed by atoms with Gasteiger partial charge in [-0.2, -0.15) is 0 Å². The van der Waals surface area contributed by atoms with Gasteiger partial charge in [0.15, 0.2) is 5.82 Å². The lowest BCUT2D eigenvalue weighted by atomic mass is 9.92. The van der Waals surface area contributed by atoms with Crippen molar-refractivity contribution in [1.29, 1.82) is 0 Å². The molecule has 3 heteroatoms. The highest BCUT2D eigenvalue weighted by Crippen LogP contribution is 2.38. The van der Waals surface area contributed by atoms with Gasteiger partial charge in [0, 0.05) is 27.5 Å². The molecule has 0 aliphatic rings. The average molecular weight is 677 g/mol. The molecule has 0 amide bonds. The van der Waals surface area contributed by atoms with Gasteiger partial charge in [0.2, 0.25) is 0 Å². The minimum Gasteiger partial charge on any atom is -0.456 e. The van der Waals surface area contributed by atoms with Crippen LogP contribution in [0.3, 0.4) is 0 Å². The van der Waals surface area contributed by atoms with Crippen LogP contribution in [-0.4, -0.2) is 9.97 Å². The fourth-order valence-corrected chi connectivity index (χ4v) is 7.33. The van der Waals surface area contributed by atoms with Gasteiger partial charge in [0.05, 0.1) is 11.4 Å². The summed E-state index contributed by atoms with van der Waals surface area (Å²) < 4.78 is 6.20. The maximum absolute atomic E-state index is 6.20. The molecule has 2 heterocycles. The predicted molar refractivity (Wildman–Crippen MR) is 219 cm³/mol. The molecule has 0 unspecified atom stereocenters. The molecule has 2 aromatic heterocycles. The number of furan rings is 1. The highest BCUT2D eigenvalue weighted by atomic mass is 16.3. The zero-order valence-corrected chi connectivity index (χ0v) is 28.8. The van der Waals surface area contributed by atoms with Crippen LogP contribution in [0.5, 0.6) is 0 Å². The first-order valence-corrected chi connectivity index (χ1v) is 17.9. The normalized spacial score (nSPS) is 11.4. The molecule has 248 valence electrons. The molecule has 0 aliphatic carbocycles. The van der Waals surface area contributed by atoms with E-state index in [9.17, 15) is 0 Å². The van der Waals surface area contributed by atoms with Crippen molar-refractivity contribution >= 4 is 32.7 Å². The third kappa shape index (κ3) is 5.85. The largest absolute Gasteiger partial charge is 0.456 e. The maximum Gasteiger partial charge on any atom is 0.160 e. The van der Waals surface area contributed by atoms with Crippen LogP contribution < -0.4 is 0 Å². The lowest BCUT2D eigenvalue weighted by Gasteiger charge is -2.14. The number of hydrogen-bond donors (Lipinski definition) is 0. The van der Waals surface area contributed by atoms with E-state index in [4.69, 9.17) is 14.4 Å². The first-order chi connectivity index (χ1) is 26.2. The highest BCUT2D eigenvalue weighted by Gasteiger charge is 2.15. The number of hydrogen-bond acceptors (Lipinski definition) is 3. The molecular formula is C50H32N2O. The average Bonchev–Trinajstić information content (AvgIpc) is 3.62. The summed E-state index contributed by atoms with van der Waals surface area (Å²) in [5, 5.41) is 4.68. The van der Waals surface area contributed by atoms with Crippen LogP contribution in [0.2, 0.25) is 0 Å². The van der Waals surface area contributed by atoms with Crippen molar-refractivity contribution in [2.75, 3.05) is 0 Å². The van der Waals surface area contributed by atoms with Crippen LogP contribution in [0.4, 0.5) is 0 Å². The SMILES string of the molecule is c1ccc(-c2cc(-c3cc(-c4cccc(-c5ccc6ccccc6c5)c4)cc(-c4ccc5oc6ccccc6c5c4)c3)nc(-c3ccccc3)n2)cc1. The minimum absolute atomic E-state index is 0.693. The van der Waals surface area contributed by atoms with Crippen molar-refractivity contribution in [3.05, 3.63) is 194 Å². The lowest BCUT2D eigenvalue weighted by Crippen LogP contribution is -1.96. The van der Waals surface area contributed by atoms with Crippen LogP contribution in [0.25, 0.3) is 100.0 Å². The zero-order chi connectivity index (χ0) is 35.1. The molecule has 0 saturated carbocycles. The van der Waals surface area contributed by atoms with Gasteiger partial charge in [-0.05, 0) is 98.8 Å². The topological polar surface area (TPSA) is 38.9 Å². The molecule has 0 aliphatic heterocycles. The predicted octanol–water partition coefficient (Wildman–Crippen LogP) is 13.5. The number of nitrogens with zero attached hydrogens (tertiary/aromatic N) is 2. The van der Waals surface area contributed by atoms with E-state index in [-0.39, 0.29) is 0 Å². The Labute approximate surface area is 307 Å². The van der Waals surface area contributed by atoms with E-state index < -0.39 is 0 Å². The molecule has 0 bridgehead atoms. The molecule has 0 saturated heterocycles. The van der Waals surface area contributed by atoms with Crippen LogP contribution in [0.15, 0.2) is 199 Å². The van der Waals surface area contributed by atoms with Crippen LogP contribution >= 0.6 is 0 Å². The van der Waals surface area contributed by atoms with Gasteiger partial charge in [-0.3, -0.25) is 0 Å². The monoisotopic (exact) mass is 676 g/mol. The Hall–Kier alpha value is -7.10. The first kappa shape index (κ1) is 30.7. The fraction of sp³-hybridized carbons (Fsp3) is 0. The molecule has 10 aromatic rings. The highest BCUT2D eigenvalue weighted by molar-refractivity contribution is 6.06. The van der Waals surface area contributed by atoms with E-state index >= 15 is 0 Å². The second kappa shape index (κ2) is 12.9. The van der Waals surface area contributed by atoms with E-state index in [1.165, 1.54) is 21.9 Å².